The Bertz CT molecular complexity index is 554. The Morgan fingerprint density at radius 3 is 2.83 bits per heavy atom. The van der Waals surface area contributed by atoms with Crippen molar-refractivity contribution < 1.29 is 14.2 Å². The number of aromatic nitrogens is 2. The van der Waals surface area contributed by atoms with Crippen LogP contribution < -0.4 is 10.5 Å². The molecule has 0 bridgehead atoms. The minimum Gasteiger partial charge on any atom is -0.497 e. The van der Waals surface area contributed by atoms with Crippen molar-refractivity contribution in [2.24, 2.45) is 0 Å². The number of aliphatic hydroxyl groups is 1. The van der Waals surface area contributed by atoms with Gasteiger partial charge in [-0.2, -0.15) is 5.10 Å². The number of nitrogen functional groups attached to an aromatic ring is 1. The van der Waals surface area contributed by atoms with Crippen molar-refractivity contribution in [1.82, 2.24) is 9.78 Å². The van der Waals surface area contributed by atoms with Crippen molar-refractivity contribution in [2.75, 3.05) is 19.5 Å². The summed E-state index contributed by atoms with van der Waals surface area (Å²) in [5.74, 6) is 0.399. The lowest BCUT2D eigenvalue weighted by Gasteiger charge is -2.03. The normalized spacial score (nSPS) is 10.6. The van der Waals surface area contributed by atoms with Gasteiger partial charge in [-0.05, 0) is 12.1 Å². The zero-order chi connectivity index (χ0) is 13.1. The fourth-order valence-electron chi connectivity index (χ4n) is 1.67. The summed E-state index contributed by atoms with van der Waals surface area (Å²) in [4.78, 5) is 0. The molecule has 0 saturated heterocycles. The summed E-state index contributed by atoms with van der Waals surface area (Å²) in [7, 11) is 1.47. The minimum atomic E-state index is -0.428. The molecular formula is C12H14FN3O2. The smallest absolute Gasteiger partial charge is 0.136 e. The topological polar surface area (TPSA) is 73.3 Å². The standard InChI is InChI=1S/C12H14FN3O2/c1-18-8-2-3-9(10(13)6-8)11-7-12(14)16(15-11)4-5-17/h2-3,6-7,17H,4-5,14H2,1H3. The van der Waals surface area contributed by atoms with Crippen LogP contribution in [0.2, 0.25) is 0 Å². The van der Waals surface area contributed by atoms with Crippen LogP contribution in [0.4, 0.5) is 10.2 Å². The van der Waals surface area contributed by atoms with E-state index in [9.17, 15) is 4.39 Å². The number of rotatable bonds is 4. The number of halogens is 1. The third-order valence-electron chi connectivity index (χ3n) is 2.58. The Labute approximate surface area is 104 Å². The van der Waals surface area contributed by atoms with Gasteiger partial charge >= 0.3 is 0 Å². The van der Waals surface area contributed by atoms with E-state index in [-0.39, 0.29) is 13.2 Å². The number of hydrogen-bond donors (Lipinski definition) is 2. The fourth-order valence-corrected chi connectivity index (χ4v) is 1.67. The molecule has 0 spiro atoms. The van der Waals surface area contributed by atoms with Gasteiger partial charge in [-0.15, -0.1) is 0 Å². The van der Waals surface area contributed by atoms with Gasteiger partial charge in [-0.1, -0.05) is 0 Å². The molecule has 0 saturated carbocycles. The molecule has 0 fully saturated rings. The Morgan fingerprint density at radius 2 is 2.22 bits per heavy atom. The highest BCUT2D eigenvalue weighted by molar-refractivity contribution is 5.63. The van der Waals surface area contributed by atoms with Gasteiger partial charge in [-0.25, -0.2) is 9.07 Å². The highest BCUT2D eigenvalue weighted by Crippen LogP contribution is 2.26. The first-order valence-corrected chi connectivity index (χ1v) is 5.44. The Balaban J connectivity index is 2.39. The maximum absolute atomic E-state index is 13.8. The second-order valence-electron chi connectivity index (χ2n) is 3.75. The molecule has 1 heterocycles. The van der Waals surface area contributed by atoms with E-state index in [1.807, 2.05) is 0 Å². The average molecular weight is 251 g/mol. The van der Waals surface area contributed by atoms with E-state index in [2.05, 4.69) is 5.10 Å². The molecule has 0 aliphatic heterocycles. The van der Waals surface area contributed by atoms with E-state index < -0.39 is 5.82 Å². The van der Waals surface area contributed by atoms with Crippen LogP contribution in [-0.2, 0) is 6.54 Å². The predicted molar refractivity (Wildman–Crippen MR) is 65.7 cm³/mol. The molecule has 1 aromatic heterocycles. The number of methoxy groups -OCH3 is 1. The second kappa shape index (κ2) is 5.05. The lowest BCUT2D eigenvalue weighted by atomic mass is 10.1. The number of aliphatic hydroxyl groups excluding tert-OH is 1. The monoisotopic (exact) mass is 251 g/mol. The van der Waals surface area contributed by atoms with Crippen molar-refractivity contribution >= 4 is 5.82 Å². The van der Waals surface area contributed by atoms with Crippen molar-refractivity contribution in [1.29, 1.82) is 0 Å². The van der Waals surface area contributed by atoms with Gasteiger partial charge in [0.25, 0.3) is 0 Å². The average Bonchev–Trinajstić information content (AvgIpc) is 2.71. The third-order valence-corrected chi connectivity index (χ3v) is 2.58. The molecule has 3 N–H and O–H groups in total. The van der Waals surface area contributed by atoms with Crippen molar-refractivity contribution in [3.8, 4) is 17.0 Å². The highest BCUT2D eigenvalue weighted by atomic mass is 19.1. The minimum absolute atomic E-state index is 0.0730. The third kappa shape index (κ3) is 2.28. The second-order valence-corrected chi connectivity index (χ2v) is 3.75. The largest absolute Gasteiger partial charge is 0.497 e. The number of anilines is 1. The molecule has 6 heteroatoms. The maximum atomic E-state index is 13.8. The van der Waals surface area contributed by atoms with E-state index in [1.54, 1.807) is 18.2 Å². The van der Waals surface area contributed by atoms with Gasteiger partial charge < -0.3 is 15.6 Å². The SMILES string of the molecule is COc1ccc(-c2cc(N)n(CCO)n2)c(F)c1. The Hall–Kier alpha value is -2.08. The van der Waals surface area contributed by atoms with Gasteiger partial charge in [0.2, 0.25) is 0 Å². The van der Waals surface area contributed by atoms with E-state index in [0.717, 1.165) is 0 Å². The summed E-state index contributed by atoms with van der Waals surface area (Å²) in [6, 6.07) is 6.09. The zero-order valence-corrected chi connectivity index (χ0v) is 9.93. The first-order chi connectivity index (χ1) is 8.65. The van der Waals surface area contributed by atoms with Crippen LogP contribution in [-0.4, -0.2) is 28.6 Å². The van der Waals surface area contributed by atoms with Crippen LogP contribution in [0.15, 0.2) is 24.3 Å². The van der Waals surface area contributed by atoms with Crippen LogP contribution in [0.5, 0.6) is 5.75 Å². The quantitative estimate of drug-likeness (QED) is 0.858. The Kier molecular flexibility index (Phi) is 3.47. The lowest BCUT2D eigenvalue weighted by molar-refractivity contribution is 0.270. The van der Waals surface area contributed by atoms with Gasteiger partial charge in [0.05, 0.1) is 26.0 Å². The van der Waals surface area contributed by atoms with Crippen molar-refractivity contribution in [3.05, 3.63) is 30.1 Å². The van der Waals surface area contributed by atoms with Gasteiger partial charge in [0.1, 0.15) is 17.4 Å². The van der Waals surface area contributed by atoms with Crippen molar-refractivity contribution in [3.63, 3.8) is 0 Å². The number of nitrogens with two attached hydrogens (primary N) is 1. The summed E-state index contributed by atoms with van der Waals surface area (Å²) < 4.78 is 20.2. The summed E-state index contributed by atoms with van der Waals surface area (Å²) in [6.07, 6.45) is 0. The number of benzene rings is 1. The predicted octanol–water partition coefficient (Wildman–Crippen LogP) is 1.27. The molecule has 5 nitrogen and oxygen atoms in total. The van der Waals surface area contributed by atoms with Crippen LogP contribution in [0.3, 0.4) is 0 Å². The van der Waals surface area contributed by atoms with Crippen LogP contribution in [0.1, 0.15) is 0 Å². The van der Waals surface area contributed by atoms with Gasteiger partial charge in [0, 0.05) is 17.7 Å². The molecule has 0 aliphatic carbocycles. The van der Waals surface area contributed by atoms with E-state index >= 15 is 0 Å². The first kappa shape index (κ1) is 12.4. The lowest BCUT2D eigenvalue weighted by Crippen LogP contribution is -2.07. The van der Waals surface area contributed by atoms with E-state index in [1.165, 1.54) is 17.9 Å². The fraction of sp³-hybridized carbons (Fsp3) is 0.250. The van der Waals surface area contributed by atoms with Crippen LogP contribution >= 0.6 is 0 Å². The number of hydrogen-bond acceptors (Lipinski definition) is 4. The maximum Gasteiger partial charge on any atom is 0.136 e. The van der Waals surface area contributed by atoms with Gasteiger partial charge in [-0.3, -0.25) is 0 Å². The zero-order valence-electron chi connectivity index (χ0n) is 9.93. The molecule has 0 amide bonds. The highest BCUT2D eigenvalue weighted by Gasteiger charge is 2.11. The number of ether oxygens (including phenoxy) is 1. The summed E-state index contributed by atoms with van der Waals surface area (Å²) in [6.45, 7) is 0.208. The number of nitrogens with zero attached hydrogens (tertiary/aromatic N) is 2. The molecule has 0 radical (unpaired) electrons. The van der Waals surface area contributed by atoms with Gasteiger partial charge in [0.15, 0.2) is 0 Å². The molecule has 2 aromatic rings. The molecule has 0 unspecified atom stereocenters. The molecule has 18 heavy (non-hydrogen) atoms. The molecule has 2 rings (SSSR count). The summed E-state index contributed by atoms with van der Waals surface area (Å²) in [5, 5.41) is 13.0. The van der Waals surface area contributed by atoms with E-state index in [0.29, 0.717) is 22.8 Å². The first-order valence-electron chi connectivity index (χ1n) is 5.44. The summed E-state index contributed by atoms with van der Waals surface area (Å²) in [5.41, 5.74) is 6.49. The molecule has 1 aromatic carbocycles. The molecule has 0 aliphatic rings. The van der Waals surface area contributed by atoms with Crippen LogP contribution in [0.25, 0.3) is 11.3 Å². The molecule has 96 valence electrons. The van der Waals surface area contributed by atoms with Crippen LogP contribution in [0, 0.1) is 5.82 Å². The molecule has 0 atom stereocenters. The van der Waals surface area contributed by atoms with Crippen molar-refractivity contribution in [2.45, 2.75) is 6.54 Å². The molecular weight excluding hydrogens is 237 g/mol. The Morgan fingerprint density at radius 1 is 1.44 bits per heavy atom. The van der Waals surface area contributed by atoms with E-state index in [4.69, 9.17) is 15.6 Å². The summed E-state index contributed by atoms with van der Waals surface area (Å²) >= 11 is 0.